The van der Waals surface area contributed by atoms with Crippen molar-refractivity contribution in [2.24, 2.45) is 17.3 Å². The van der Waals surface area contributed by atoms with Gasteiger partial charge in [-0.05, 0) is 49.4 Å². The molecule has 0 aliphatic heterocycles. The van der Waals surface area contributed by atoms with Crippen LogP contribution in [0.2, 0.25) is 0 Å². The van der Waals surface area contributed by atoms with E-state index in [0.29, 0.717) is 12.3 Å². The minimum Gasteiger partial charge on any atom is -0.396 e. The van der Waals surface area contributed by atoms with Gasteiger partial charge in [0.25, 0.3) is 0 Å². The van der Waals surface area contributed by atoms with Crippen molar-refractivity contribution in [1.82, 2.24) is 0 Å². The largest absolute Gasteiger partial charge is 0.396 e. The van der Waals surface area contributed by atoms with Crippen LogP contribution in [0, 0.1) is 17.3 Å². The van der Waals surface area contributed by atoms with Crippen molar-refractivity contribution in [2.75, 3.05) is 18.6 Å². The van der Waals surface area contributed by atoms with E-state index in [4.69, 9.17) is 0 Å². The molecule has 94 valence electrons. The Labute approximate surface area is 98.2 Å². The van der Waals surface area contributed by atoms with E-state index < -0.39 is 9.84 Å². The van der Waals surface area contributed by atoms with E-state index in [1.165, 1.54) is 25.5 Å². The molecule has 2 fully saturated rings. The predicted octanol–water partition coefficient (Wildman–Crippen LogP) is 1.61. The molecule has 3 nitrogen and oxygen atoms in total. The van der Waals surface area contributed by atoms with Crippen molar-refractivity contribution in [3.05, 3.63) is 0 Å². The summed E-state index contributed by atoms with van der Waals surface area (Å²) in [5.74, 6) is 1.73. The fourth-order valence-corrected chi connectivity index (χ4v) is 4.49. The topological polar surface area (TPSA) is 54.4 Å². The van der Waals surface area contributed by atoms with E-state index in [1.54, 1.807) is 0 Å². The molecule has 0 aromatic carbocycles. The average Bonchev–Trinajstić information content (AvgIpc) is 2.75. The quantitative estimate of drug-likeness (QED) is 0.802. The Balaban J connectivity index is 1.91. The van der Waals surface area contributed by atoms with Gasteiger partial charge in [-0.3, -0.25) is 0 Å². The van der Waals surface area contributed by atoms with Crippen LogP contribution in [0.1, 0.15) is 38.5 Å². The van der Waals surface area contributed by atoms with Crippen LogP contribution in [0.5, 0.6) is 0 Å². The lowest BCUT2D eigenvalue weighted by Crippen LogP contribution is -2.32. The number of sulfone groups is 1. The van der Waals surface area contributed by atoms with E-state index in [2.05, 4.69) is 0 Å². The van der Waals surface area contributed by atoms with Gasteiger partial charge in [-0.2, -0.15) is 0 Å². The van der Waals surface area contributed by atoms with E-state index >= 15 is 0 Å². The number of hydrogen-bond acceptors (Lipinski definition) is 3. The van der Waals surface area contributed by atoms with Crippen LogP contribution in [0.25, 0.3) is 0 Å². The summed E-state index contributed by atoms with van der Waals surface area (Å²) in [6.45, 7) is 0.248. The van der Waals surface area contributed by atoms with Crippen molar-refractivity contribution in [3.8, 4) is 0 Å². The molecule has 0 aromatic rings. The van der Waals surface area contributed by atoms with Gasteiger partial charge in [0.05, 0.1) is 0 Å². The highest BCUT2D eigenvalue weighted by atomic mass is 32.2. The molecular weight excluding hydrogens is 224 g/mol. The number of fused-ring (bicyclic) bond motifs is 2. The first-order valence-electron chi connectivity index (χ1n) is 6.24. The third-order valence-corrected chi connectivity index (χ3v) is 5.64. The molecular formula is C12H22O3S. The summed E-state index contributed by atoms with van der Waals surface area (Å²) in [4.78, 5) is 0. The van der Waals surface area contributed by atoms with E-state index in [1.807, 2.05) is 0 Å². The summed E-state index contributed by atoms with van der Waals surface area (Å²) >= 11 is 0. The lowest BCUT2D eigenvalue weighted by Gasteiger charge is -2.36. The summed E-state index contributed by atoms with van der Waals surface area (Å²) < 4.78 is 22.2. The van der Waals surface area contributed by atoms with Gasteiger partial charge in [-0.25, -0.2) is 8.42 Å². The number of hydrogen-bond donors (Lipinski definition) is 1. The standard InChI is InChI=1S/C12H22O3S/c1-16(14,15)6-2-5-12(9-13)8-10-3-4-11(12)7-10/h10-11,13H,2-9H2,1H3. The molecule has 2 aliphatic carbocycles. The summed E-state index contributed by atoms with van der Waals surface area (Å²) in [5.41, 5.74) is 0.0631. The summed E-state index contributed by atoms with van der Waals surface area (Å²) in [6, 6.07) is 0. The normalized spacial score (nSPS) is 38.1. The Morgan fingerprint density at radius 1 is 1.38 bits per heavy atom. The first-order valence-corrected chi connectivity index (χ1v) is 8.30. The molecule has 0 radical (unpaired) electrons. The maximum absolute atomic E-state index is 11.1. The molecule has 0 spiro atoms. The Bertz CT molecular complexity index is 349. The van der Waals surface area contributed by atoms with Gasteiger partial charge in [-0.1, -0.05) is 6.42 Å². The van der Waals surface area contributed by atoms with Crippen LogP contribution in [0.3, 0.4) is 0 Å². The van der Waals surface area contributed by atoms with E-state index in [-0.39, 0.29) is 17.8 Å². The second-order valence-corrected chi connectivity index (χ2v) is 8.09. The van der Waals surface area contributed by atoms with Gasteiger partial charge in [0.2, 0.25) is 0 Å². The molecule has 1 N–H and O–H groups in total. The van der Waals surface area contributed by atoms with Crippen molar-refractivity contribution in [1.29, 1.82) is 0 Å². The monoisotopic (exact) mass is 246 g/mol. The van der Waals surface area contributed by atoms with Gasteiger partial charge in [0, 0.05) is 18.6 Å². The SMILES string of the molecule is CS(=O)(=O)CCCC1(CO)CC2CCC1C2. The van der Waals surface area contributed by atoms with Crippen LogP contribution in [-0.4, -0.2) is 32.1 Å². The second-order valence-electron chi connectivity index (χ2n) is 5.83. The molecule has 0 aromatic heterocycles. The second kappa shape index (κ2) is 4.30. The Morgan fingerprint density at radius 3 is 2.56 bits per heavy atom. The van der Waals surface area contributed by atoms with Crippen molar-refractivity contribution < 1.29 is 13.5 Å². The Kier molecular flexibility index (Phi) is 3.32. The van der Waals surface area contributed by atoms with E-state index in [0.717, 1.165) is 18.8 Å². The first kappa shape index (κ1) is 12.4. The average molecular weight is 246 g/mol. The molecule has 0 saturated heterocycles. The molecule has 16 heavy (non-hydrogen) atoms. The molecule has 2 aliphatic rings. The highest BCUT2D eigenvalue weighted by Crippen LogP contribution is 2.57. The zero-order valence-electron chi connectivity index (χ0n) is 9.98. The number of aliphatic hydroxyl groups is 1. The molecule has 0 heterocycles. The number of aliphatic hydroxyl groups excluding tert-OH is 1. The fourth-order valence-electron chi connectivity index (χ4n) is 3.82. The van der Waals surface area contributed by atoms with Gasteiger partial charge >= 0.3 is 0 Å². The summed E-state index contributed by atoms with van der Waals surface area (Å²) in [6.07, 6.45) is 7.83. The molecule has 3 unspecified atom stereocenters. The zero-order valence-corrected chi connectivity index (χ0v) is 10.8. The highest BCUT2D eigenvalue weighted by molar-refractivity contribution is 7.90. The third kappa shape index (κ3) is 2.43. The first-order chi connectivity index (χ1) is 7.45. The van der Waals surface area contributed by atoms with Crippen LogP contribution in [0.15, 0.2) is 0 Å². The van der Waals surface area contributed by atoms with Gasteiger partial charge < -0.3 is 5.11 Å². The van der Waals surface area contributed by atoms with Crippen molar-refractivity contribution in [2.45, 2.75) is 38.5 Å². The van der Waals surface area contributed by atoms with Crippen LogP contribution < -0.4 is 0 Å². The van der Waals surface area contributed by atoms with Gasteiger partial charge in [0.1, 0.15) is 9.84 Å². The molecule has 2 saturated carbocycles. The molecule has 2 rings (SSSR count). The van der Waals surface area contributed by atoms with Gasteiger partial charge in [-0.15, -0.1) is 0 Å². The van der Waals surface area contributed by atoms with E-state index in [9.17, 15) is 13.5 Å². The van der Waals surface area contributed by atoms with Crippen molar-refractivity contribution in [3.63, 3.8) is 0 Å². The van der Waals surface area contributed by atoms with Gasteiger partial charge in [0.15, 0.2) is 0 Å². The third-order valence-electron chi connectivity index (χ3n) is 4.61. The Morgan fingerprint density at radius 2 is 2.12 bits per heavy atom. The molecule has 3 atom stereocenters. The van der Waals surface area contributed by atoms with Crippen LogP contribution >= 0.6 is 0 Å². The Hall–Kier alpha value is -0.0900. The smallest absolute Gasteiger partial charge is 0.147 e. The van der Waals surface area contributed by atoms with Crippen LogP contribution in [0.4, 0.5) is 0 Å². The molecule has 4 heteroatoms. The van der Waals surface area contributed by atoms with Crippen LogP contribution in [-0.2, 0) is 9.84 Å². The molecule has 0 amide bonds. The minimum absolute atomic E-state index is 0.0631. The number of rotatable bonds is 5. The van der Waals surface area contributed by atoms with Crippen molar-refractivity contribution >= 4 is 9.84 Å². The fraction of sp³-hybridized carbons (Fsp3) is 1.00. The zero-order chi connectivity index (χ0) is 11.8. The lowest BCUT2D eigenvalue weighted by atomic mass is 9.71. The summed E-state index contributed by atoms with van der Waals surface area (Å²) in [5, 5.41) is 9.62. The maximum atomic E-state index is 11.1. The lowest BCUT2D eigenvalue weighted by molar-refractivity contribution is 0.0558. The minimum atomic E-state index is -2.85. The maximum Gasteiger partial charge on any atom is 0.147 e. The molecule has 2 bridgehead atoms. The predicted molar refractivity (Wildman–Crippen MR) is 63.9 cm³/mol. The highest BCUT2D eigenvalue weighted by Gasteiger charge is 2.49. The summed E-state index contributed by atoms with van der Waals surface area (Å²) in [7, 11) is -2.85.